The Morgan fingerprint density at radius 1 is 1.36 bits per heavy atom. The van der Waals surface area contributed by atoms with Crippen LogP contribution >= 0.6 is 22.6 Å². The normalized spacial score (nSPS) is 11.5. The van der Waals surface area contributed by atoms with Crippen LogP contribution in [0.15, 0.2) is 12.4 Å². The number of alkyl halides is 4. The Hall–Kier alpha value is -0.600. The fourth-order valence-corrected chi connectivity index (χ4v) is 1.43. The fourth-order valence-electron chi connectivity index (χ4n) is 0.826. The number of aromatic nitrogens is 1. The van der Waals surface area contributed by atoms with Gasteiger partial charge >= 0.3 is 6.18 Å². The van der Waals surface area contributed by atoms with Gasteiger partial charge in [-0.15, -0.1) is 0 Å². The van der Waals surface area contributed by atoms with Crippen molar-refractivity contribution >= 4 is 22.6 Å². The van der Waals surface area contributed by atoms with Crippen molar-refractivity contribution < 1.29 is 22.3 Å². The van der Waals surface area contributed by atoms with Crippen LogP contribution < -0.4 is 4.74 Å². The van der Waals surface area contributed by atoms with Crippen molar-refractivity contribution in [2.75, 3.05) is 6.86 Å². The number of halogens is 5. The molecule has 0 aromatic carbocycles. The second kappa shape index (κ2) is 4.28. The molecule has 1 heterocycles. The van der Waals surface area contributed by atoms with Gasteiger partial charge in [-0.3, -0.25) is 4.98 Å². The van der Waals surface area contributed by atoms with Crippen LogP contribution in [0.25, 0.3) is 0 Å². The number of rotatable bonds is 2. The lowest BCUT2D eigenvalue weighted by molar-refractivity contribution is -0.139. The van der Waals surface area contributed by atoms with E-state index >= 15 is 0 Å². The van der Waals surface area contributed by atoms with Gasteiger partial charge in [0.25, 0.3) is 0 Å². The Bertz CT molecular complexity index is 328. The Labute approximate surface area is 90.4 Å². The lowest BCUT2D eigenvalue weighted by atomic mass is 10.2. The summed E-state index contributed by atoms with van der Waals surface area (Å²) < 4.78 is 53.1. The van der Waals surface area contributed by atoms with Crippen LogP contribution in [0.2, 0.25) is 0 Å². The van der Waals surface area contributed by atoms with E-state index in [1.807, 2.05) is 0 Å². The van der Waals surface area contributed by atoms with Crippen molar-refractivity contribution in [1.82, 2.24) is 4.98 Å². The lowest BCUT2D eigenvalue weighted by Crippen LogP contribution is -2.10. The van der Waals surface area contributed by atoms with Crippen LogP contribution in [0.4, 0.5) is 17.6 Å². The largest absolute Gasteiger partial charge is 0.461 e. The van der Waals surface area contributed by atoms with E-state index in [-0.39, 0.29) is 3.57 Å². The number of ether oxygens (including phenoxy) is 1. The van der Waals surface area contributed by atoms with Gasteiger partial charge in [-0.1, -0.05) is 0 Å². The summed E-state index contributed by atoms with van der Waals surface area (Å²) in [5.41, 5.74) is -1.07. The molecule has 0 aliphatic rings. The summed E-state index contributed by atoms with van der Waals surface area (Å²) in [5.74, 6) is -0.518. The maximum absolute atomic E-state index is 12.3. The highest BCUT2D eigenvalue weighted by Crippen LogP contribution is 2.37. The van der Waals surface area contributed by atoms with Gasteiger partial charge in [0.1, 0.15) is 5.56 Å². The molecule has 14 heavy (non-hydrogen) atoms. The highest BCUT2D eigenvalue weighted by Gasteiger charge is 2.35. The second-order valence-corrected chi connectivity index (χ2v) is 3.41. The van der Waals surface area contributed by atoms with Crippen molar-refractivity contribution in [2.45, 2.75) is 6.18 Å². The van der Waals surface area contributed by atoms with Crippen LogP contribution in [0.3, 0.4) is 0 Å². The van der Waals surface area contributed by atoms with E-state index in [1.54, 1.807) is 22.6 Å². The summed E-state index contributed by atoms with van der Waals surface area (Å²) in [6.45, 7) is -1.30. The molecule has 7 heteroatoms. The highest BCUT2D eigenvalue weighted by molar-refractivity contribution is 14.1. The van der Waals surface area contributed by atoms with Gasteiger partial charge in [-0.05, 0) is 22.6 Å². The smallest absolute Gasteiger partial charge is 0.421 e. The predicted molar refractivity (Wildman–Crippen MR) is 48.6 cm³/mol. The van der Waals surface area contributed by atoms with E-state index in [2.05, 4.69) is 9.72 Å². The molecule has 78 valence electrons. The maximum Gasteiger partial charge on any atom is 0.421 e. The summed E-state index contributed by atoms with van der Waals surface area (Å²) in [5, 5.41) is 0. The zero-order valence-electron chi connectivity index (χ0n) is 6.61. The second-order valence-electron chi connectivity index (χ2n) is 2.25. The topological polar surface area (TPSA) is 22.1 Å². The number of pyridine rings is 1. The van der Waals surface area contributed by atoms with Gasteiger partial charge in [0.15, 0.2) is 5.75 Å². The summed E-state index contributed by atoms with van der Waals surface area (Å²) in [4.78, 5) is 3.36. The van der Waals surface area contributed by atoms with Crippen LogP contribution in [-0.4, -0.2) is 11.8 Å². The van der Waals surface area contributed by atoms with Crippen molar-refractivity contribution in [3.63, 3.8) is 0 Å². The zero-order valence-corrected chi connectivity index (χ0v) is 8.76. The number of hydrogen-bond donors (Lipinski definition) is 0. The van der Waals surface area contributed by atoms with E-state index in [0.29, 0.717) is 6.20 Å². The minimum atomic E-state index is -4.58. The van der Waals surface area contributed by atoms with E-state index in [4.69, 9.17) is 0 Å². The summed E-state index contributed by atoms with van der Waals surface area (Å²) in [7, 11) is 0. The molecule has 0 radical (unpaired) electrons. The lowest BCUT2D eigenvalue weighted by Gasteiger charge is -2.12. The molecule has 0 saturated heterocycles. The third-order valence-corrected chi connectivity index (χ3v) is 2.13. The Morgan fingerprint density at radius 2 is 2.00 bits per heavy atom. The minimum Gasteiger partial charge on any atom is -0.461 e. The zero-order chi connectivity index (χ0) is 10.8. The Kier molecular flexibility index (Phi) is 3.51. The first-order valence-corrected chi connectivity index (χ1v) is 4.44. The molecule has 0 fully saturated rings. The van der Waals surface area contributed by atoms with Gasteiger partial charge in [0.2, 0.25) is 6.86 Å². The van der Waals surface area contributed by atoms with E-state index < -0.39 is 24.3 Å². The van der Waals surface area contributed by atoms with Gasteiger partial charge in [-0.25, -0.2) is 4.39 Å². The molecule has 0 bridgehead atoms. The third-order valence-electron chi connectivity index (χ3n) is 1.36. The van der Waals surface area contributed by atoms with Crippen molar-refractivity contribution in [2.24, 2.45) is 0 Å². The molecule has 2 nitrogen and oxygen atoms in total. The monoisotopic (exact) mass is 321 g/mol. The number of nitrogens with zero attached hydrogens (tertiary/aromatic N) is 1. The molecular formula is C7H4F4INO. The highest BCUT2D eigenvalue weighted by atomic mass is 127. The molecule has 1 aromatic heterocycles. The van der Waals surface area contributed by atoms with E-state index in [1.165, 1.54) is 6.20 Å². The average molecular weight is 321 g/mol. The van der Waals surface area contributed by atoms with Gasteiger partial charge in [0, 0.05) is 12.4 Å². The molecule has 0 atom stereocenters. The molecule has 1 aromatic rings. The van der Waals surface area contributed by atoms with E-state index in [9.17, 15) is 17.6 Å². The van der Waals surface area contributed by atoms with Crippen LogP contribution in [-0.2, 0) is 6.18 Å². The van der Waals surface area contributed by atoms with E-state index in [0.717, 1.165) is 0 Å². The van der Waals surface area contributed by atoms with Gasteiger partial charge < -0.3 is 4.74 Å². The fraction of sp³-hybridized carbons (Fsp3) is 0.286. The number of hydrogen-bond acceptors (Lipinski definition) is 2. The molecule has 0 saturated carbocycles. The minimum absolute atomic E-state index is 0.120. The molecule has 0 aliphatic carbocycles. The molecule has 0 N–H and O–H groups in total. The molecular weight excluding hydrogens is 317 g/mol. The molecule has 1 rings (SSSR count). The molecule has 0 amide bonds. The van der Waals surface area contributed by atoms with Crippen molar-refractivity contribution in [3.05, 3.63) is 21.5 Å². The molecule has 0 unspecified atom stereocenters. The first kappa shape index (κ1) is 11.5. The van der Waals surface area contributed by atoms with Crippen LogP contribution in [0, 0.1) is 3.57 Å². The third kappa shape index (κ3) is 2.46. The van der Waals surface area contributed by atoms with Crippen molar-refractivity contribution in [3.8, 4) is 5.75 Å². The summed E-state index contributed by atoms with van der Waals surface area (Å²) in [6.07, 6.45) is -2.81. The van der Waals surface area contributed by atoms with Gasteiger partial charge in [-0.2, -0.15) is 13.2 Å². The predicted octanol–water partition coefficient (Wildman–Crippen LogP) is 3.01. The van der Waals surface area contributed by atoms with Crippen LogP contribution in [0.5, 0.6) is 5.75 Å². The Balaban J connectivity index is 3.21. The standard InChI is InChI=1S/C7H4F4INO/c8-3-14-6-4(7(9,10)11)1-13-2-5(6)12/h1-2H,3H2. The first-order valence-electron chi connectivity index (χ1n) is 3.36. The summed E-state index contributed by atoms with van der Waals surface area (Å²) >= 11 is 1.60. The molecule has 0 spiro atoms. The van der Waals surface area contributed by atoms with Crippen LogP contribution in [0.1, 0.15) is 5.56 Å². The quantitative estimate of drug-likeness (QED) is 0.617. The van der Waals surface area contributed by atoms with Crippen molar-refractivity contribution in [1.29, 1.82) is 0 Å². The van der Waals surface area contributed by atoms with Gasteiger partial charge in [0.05, 0.1) is 3.57 Å². The Morgan fingerprint density at radius 3 is 2.50 bits per heavy atom. The SMILES string of the molecule is FCOc1c(I)cncc1C(F)(F)F. The summed E-state index contributed by atoms with van der Waals surface area (Å²) in [6, 6.07) is 0. The first-order chi connectivity index (χ1) is 6.46. The maximum atomic E-state index is 12.3. The molecule has 0 aliphatic heterocycles. The average Bonchev–Trinajstić information content (AvgIpc) is 2.07.